The van der Waals surface area contributed by atoms with E-state index in [1.807, 2.05) is 37.3 Å². The fraction of sp³-hybridized carbons (Fsp3) is 0.125. The monoisotopic (exact) mass is 324 g/mol. The number of nitrogens with two attached hydrogens (primary N) is 1. The Morgan fingerprint density at radius 2 is 1.87 bits per heavy atom. The van der Waals surface area contributed by atoms with Gasteiger partial charge in [-0.05, 0) is 13.8 Å². The van der Waals surface area contributed by atoms with Crippen molar-refractivity contribution in [3.8, 4) is 23.3 Å². The third-order valence-electron chi connectivity index (χ3n) is 3.48. The number of aryl methyl sites for hydroxylation is 1. The van der Waals surface area contributed by atoms with Gasteiger partial charge in [0.25, 0.3) is 5.95 Å². The molecule has 6 nitrogen and oxygen atoms in total. The lowest BCUT2D eigenvalue weighted by Crippen LogP contribution is -2.10. The zero-order chi connectivity index (χ0) is 16.6. The van der Waals surface area contributed by atoms with Crippen LogP contribution in [0.1, 0.15) is 17.0 Å². The van der Waals surface area contributed by atoms with Crippen LogP contribution >= 0.6 is 11.6 Å². The second-order valence-corrected chi connectivity index (χ2v) is 5.38. The molecule has 3 rings (SSSR count). The van der Waals surface area contributed by atoms with Gasteiger partial charge in [-0.15, -0.1) is 0 Å². The van der Waals surface area contributed by atoms with Crippen molar-refractivity contribution < 1.29 is 0 Å². The van der Waals surface area contributed by atoms with Crippen LogP contribution in [0.25, 0.3) is 17.2 Å². The van der Waals surface area contributed by atoms with Crippen molar-refractivity contribution in [2.45, 2.75) is 13.8 Å². The molecule has 1 aromatic carbocycles. The van der Waals surface area contributed by atoms with Crippen LogP contribution < -0.4 is 5.73 Å². The maximum atomic E-state index is 9.37. The summed E-state index contributed by atoms with van der Waals surface area (Å²) in [4.78, 5) is 8.69. The fourth-order valence-corrected chi connectivity index (χ4v) is 2.41. The van der Waals surface area contributed by atoms with E-state index in [0.717, 1.165) is 5.56 Å². The molecule has 114 valence electrons. The molecule has 0 aliphatic heterocycles. The number of nitrogens with zero attached hydrogens (tertiary/aromatic N) is 5. The summed E-state index contributed by atoms with van der Waals surface area (Å²) in [6, 6.07) is 11.4. The first-order chi connectivity index (χ1) is 11.0. The highest BCUT2D eigenvalue weighted by atomic mass is 35.5. The molecule has 0 aliphatic rings. The maximum absolute atomic E-state index is 9.37. The summed E-state index contributed by atoms with van der Waals surface area (Å²) >= 11 is 6.18. The normalized spacial score (nSPS) is 10.5. The van der Waals surface area contributed by atoms with Crippen molar-refractivity contribution in [3.63, 3.8) is 0 Å². The van der Waals surface area contributed by atoms with Crippen LogP contribution in [0.4, 0.5) is 5.82 Å². The van der Waals surface area contributed by atoms with Gasteiger partial charge >= 0.3 is 0 Å². The predicted octanol–water partition coefficient (Wildman–Crippen LogP) is 3.05. The van der Waals surface area contributed by atoms with Crippen LogP contribution in [-0.2, 0) is 0 Å². The van der Waals surface area contributed by atoms with Crippen LogP contribution in [0.15, 0.2) is 30.3 Å². The zero-order valence-corrected chi connectivity index (χ0v) is 13.3. The fourth-order valence-electron chi connectivity index (χ4n) is 2.29. The van der Waals surface area contributed by atoms with E-state index in [4.69, 9.17) is 17.3 Å². The zero-order valence-electron chi connectivity index (χ0n) is 12.6. The standard InChI is InChI=1S/C16H13ClN6/c1-9-13(17)10(2)23(22-9)16-20-14(11-6-4-3-5-7-11)12(8-18)15(19)21-16/h3-7H,1-2H3,(H2,19,20,21). The molecule has 2 N–H and O–H groups in total. The number of halogens is 1. The van der Waals surface area contributed by atoms with Crippen molar-refractivity contribution >= 4 is 17.4 Å². The molecule has 0 spiro atoms. The minimum absolute atomic E-state index is 0.111. The Bertz CT molecular complexity index is 924. The second-order valence-electron chi connectivity index (χ2n) is 5.01. The molecule has 0 radical (unpaired) electrons. The minimum Gasteiger partial charge on any atom is -0.382 e. The Labute approximate surface area is 138 Å². The topological polar surface area (TPSA) is 93.4 Å². The maximum Gasteiger partial charge on any atom is 0.253 e. The van der Waals surface area contributed by atoms with Crippen molar-refractivity contribution in [1.82, 2.24) is 19.7 Å². The summed E-state index contributed by atoms with van der Waals surface area (Å²) in [5, 5.41) is 14.3. The van der Waals surface area contributed by atoms with Gasteiger partial charge in [0.2, 0.25) is 0 Å². The van der Waals surface area contributed by atoms with Crippen LogP contribution in [0.3, 0.4) is 0 Å². The molecule has 2 heterocycles. The first-order valence-corrected chi connectivity index (χ1v) is 7.26. The minimum atomic E-state index is 0.111. The Morgan fingerprint density at radius 1 is 1.17 bits per heavy atom. The van der Waals surface area contributed by atoms with Gasteiger partial charge in [-0.2, -0.15) is 15.3 Å². The van der Waals surface area contributed by atoms with Gasteiger partial charge in [0.15, 0.2) is 0 Å². The molecule has 0 bridgehead atoms. The first kappa shape index (κ1) is 15.0. The SMILES string of the molecule is Cc1nn(-c2nc(N)c(C#N)c(-c3ccccc3)n2)c(C)c1Cl. The van der Waals surface area contributed by atoms with Crippen LogP contribution in [0.2, 0.25) is 5.02 Å². The Morgan fingerprint density at radius 3 is 2.43 bits per heavy atom. The first-order valence-electron chi connectivity index (χ1n) is 6.88. The highest BCUT2D eigenvalue weighted by molar-refractivity contribution is 6.31. The lowest BCUT2D eigenvalue weighted by molar-refractivity contribution is 0.776. The molecule has 0 unspecified atom stereocenters. The molecular weight excluding hydrogens is 312 g/mol. The molecule has 0 fully saturated rings. The molecule has 2 aromatic heterocycles. The van der Waals surface area contributed by atoms with Crippen molar-refractivity contribution in [2.75, 3.05) is 5.73 Å². The van der Waals surface area contributed by atoms with E-state index >= 15 is 0 Å². The van der Waals surface area contributed by atoms with Gasteiger partial charge in [-0.1, -0.05) is 41.9 Å². The van der Waals surface area contributed by atoms with E-state index in [2.05, 4.69) is 21.1 Å². The summed E-state index contributed by atoms with van der Waals surface area (Å²) in [5.41, 5.74) is 8.85. The van der Waals surface area contributed by atoms with E-state index in [9.17, 15) is 5.26 Å². The van der Waals surface area contributed by atoms with Crippen LogP contribution in [-0.4, -0.2) is 19.7 Å². The number of aromatic nitrogens is 4. The van der Waals surface area contributed by atoms with E-state index < -0.39 is 0 Å². The number of anilines is 1. The number of hydrogen-bond acceptors (Lipinski definition) is 5. The summed E-state index contributed by atoms with van der Waals surface area (Å²) in [5.74, 6) is 0.396. The molecule has 0 amide bonds. The Hall–Kier alpha value is -2.91. The van der Waals surface area contributed by atoms with Gasteiger partial charge in [-0.25, -0.2) is 9.67 Å². The molecule has 7 heteroatoms. The lowest BCUT2D eigenvalue weighted by Gasteiger charge is -2.09. The summed E-state index contributed by atoms with van der Waals surface area (Å²) < 4.78 is 1.53. The Kier molecular flexibility index (Phi) is 3.72. The quantitative estimate of drug-likeness (QED) is 0.782. The van der Waals surface area contributed by atoms with Crippen molar-refractivity contribution in [1.29, 1.82) is 5.26 Å². The molecule has 23 heavy (non-hydrogen) atoms. The van der Waals surface area contributed by atoms with Crippen molar-refractivity contribution in [2.24, 2.45) is 0 Å². The Balaban J connectivity index is 2.27. The van der Waals surface area contributed by atoms with Crippen molar-refractivity contribution in [3.05, 3.63) is 52.3 Å². The average Bonchev–Trinajstić information content (AvgIpc) is 2.82. The van der Waals surface area contributed by atoms with Gasteiger partial charge in [-0.3, -0.25) is 0 Å². The van der Waals surface area contributed by atoms with Gasteiger partial charge in [0, 0.05) is 5.56 Å². The summed E-state index contributed by atoms with van der Waals surface area (Å²) in [6.07, 6.45) is 0. The van der Waals surface area contributed by atoms with Crippen LogP contribution in [0.5, 0.6) is 0 Å². The summed E-state index contributed by atoms with van der Waals surface area (Å²) in [7, 11) is 0. The van der Waals surface area contributed by atoms with Crippen LogP contribution in [0, 0.1) is 25.2 Å². The highest BCUT2D eigenvalue weighted by Crippen LogP contribution is 2.27. The largest absolute Gasteiger partial charge is 0.382 e. The number of rotatable bonds is 2. The molecule has 0 saturated heterocycles. The van der Waals surface area contributed by atoms with E-state index in [1.165, 1.54) is 4.68 Å². The average molecular weight is 325 g/mol. The van der Waals surface area contributed by atoms with Gasteiger partial charge in [0.05, 0.1) is 22.1 Å². The highest BCUT2D eigenvalue weighted by Gasteiger charge is 2.18. The third kappa shape index (κ3) is 2.51. The summed E-state index contributed by atoms with van der Waals surface area (Å²) in [6.45, 7) is 3.62. The predicted molar refractivity (Wildman–Crippen MR) is 88.2 cm³/mol. The number of benzene rings is 1. The molecule has 0 saturated carbocycles. The smallest absolute Gasteiger partial charge is 0.253 e. The molecule has 3 aromatic rings. The molecule has 0 aliphatic carbocycles. The molecule has 0 atom stereocenters. The second kappa shape index (κ2) is 5.71. The van der Waals surface area contributed by atoms with E-state index in [1.54, 1.807) is 6.92 Å². The van der Waals surface area contributed by atoms with E-state index in [0.29, 0.717) is 22.1 Å². The number of nitrogen functional groups attached to an aromatic ring is 1. The third-order valence-corrected chi connectivity index (χ3v) is 4.02. The van der Waals surface area contributed by atoms with Gasteiger partial charge in [0.1, 0.15) is 17.5 Å². The van der Waals surface area contributed by atoms with Gasteiger partial charge < -0.3 is 5.73 Å². The number of nitriles is 1. The lowest BCUT2D eigenvalue weighted by atomic mass is 10.1. The molecular formula is C16H13ClN6. The van der Waals surface area contributed by atoms with E-state index in [-0.39, 0.29) is 17.3 Å². The number of hydrogen-bond donors (Lipinski definition) is 1.